The molecule has 0 spiro atoms. The molecule has 1 atom stereocenters. The number of carbonyl (C=O) groups excluding carboxylic acids is 3. The lowest BCUT2D eigenvalue weighted by molar-refractivity contribution is -0.130. The van der Waals surface area contributed by atoms with Crippen molar-refractivity contribution in [2.45, 2.75) is 64.0 Å². The van der Waals surface area contributed by atoms with Gasteiger partial charge in [-0.15, -0.1) is 0 Å². The Morgan fingerprint density at radius 1 is 0.914 bits per heavy atom. The van der Waals surface area contributed by atoms with Crippen LogP contribution in [-0.4, -0.2) is 89.7 Å². The maximum absolute atomic E-state index is 12.9. The van der Waals surface area contributed by atoms with E-state index in [1.165, 1.54) is 6.07 Å². The first-order valence-electron chi connectivity index (χ1n) is 20.2. The zero-order chi connectivity index (χ0) is 40.9. The lowest BCUT2D eigenvalue weighted by Gasteiger charge is -2.31. The van der Waals surface area contributed by atoms with Gasteiger partial charge >= 0.3 is 6.09 Å². The van der Waals surface area contributed by atoms with Gasteiger partial charge in [0.1, 0.15) is 11.9 Å². The third-order valence-corrected chi connectivity index (χ3v) is 10.6. The number of fused-ring (bicyclic) bond motifs is 1. The van der Waals surface area contributed by atoms with Gasteiger partial charge in [-0.25, -0.2) is 4.79 Å². The van der Waals surface area contributed by atoms with Gasteiger partial charge in [-0.1, -0.05) is 66.7 Å². The number of aromatic amines is 1. The average Bonchev–Trinajstić information content (AvgIpc) is 3.22. The van der Waals surface area contributed by atoms with Crippen molar-refractivity contribution in [3.05, 3.63) is 125 Å². The summed E-state index contributed by atoms with van der Waals surface area (Å²) in [5.74, 6) is 0.00527. The summed E-state index contributed by atoms with van der Waals surface area (Å²) in [5.41, 5.74) is 5.73. The van der Waals surface area contributed by atoms with Gasteiger partial charge in [-0.05, 0) is 92.6 Å². The molecule has 2 heterocycles. The Balaban J connectivity index is 0.839. The monoisotopic (exact) mass is 786 g/mol. The third-order valence-electron chi connectivity index (χ3n) is 10.6. The van der Waals surface area contributed by atoms with Gasteiger partial charge in [0.15, 0.2) is 0 Å². The van der Waals surface area contributed by atoms with Crippen LogP contribution < -0.4 is 21.5 Å². The van der Waals surface area contributed by atoms with E-state index in [0.29, 0.717) is 56.4 Å². The number of aromatic nitrogens is 1. The van der Waals surface area contributed by atoms with Crippen molar-refractivity contribution in [2.75, 3.05) is 50.4 Å². The summed E-state index contributed by atoms with van der Waals surface area (Å²) in [5, 5.41) is 20.4. The number of aromatic hydroxyl groups is 1. The normalized spacial score (nSPS) is 13.8. The molecule has 304 valence electrons. The predicted octanol–water partition coefficient (Wildman–Crippen LogP) is 6.94. The molecule has 1 aliphatic heterocycles. The number of para-hydroxylation sites is 1. The number of ether oxygens (including phenoxy) is 1. The number of piperidine rings is 1. The van der Waals surface area contributed by atoms with E-state index in [4.69, 9.17) is 4.74 Å². The zero-order valence-electron chi connectivity index (χ0n) is 33.3. The molecule has 5 N–H and O–H groups in total. The van der Waals surface area contributed by atoms with E-state index in [9.17, 15) is 24.3 Å². The molecule has 1 aliphatic rings. The number of anilines is 2. The molecule has 1 fully saturated rings. The van der Waals surface area contributed by atoms with Crippen LogP contribution in [0.25, 0.3) is 22.0 Å². The average molecular weight is 787 g/mol. The molecule has 6 rings (SSSR count). The Labute approximate surface area is 339 Å². The van der Waals surface area contributed by atoms with Gasteiger partial charge in [0.05, 0.1) is 11.2 Å². The van der Waals surface area contributed by atoms with Gasteiger partial charge < -0.3 is 35.3 Å². The highest BCUT2D eigenvalue weighted by Gasteiger charge is 2.24. The molecule has 58 heavy (non-hydrogen) atoms. The second-order valence-electron chi connectivity index (χ2n) is 15.1. The molecule has 12 nitrogen and oxygen atoms in total. The van der Waals surface area contributed by atoms with Crippen molar-refractivity contribution < 1.29 is 24.2 Å². The highest BCUT2D eigenvalue weighted by atomic mass is 16.6. The number of hydrogen-bond donors (Lipinski definition) is 5. The second-order valence-corrected chi connectivity index (χ2v) is 15.1. The Kier molecular flexibility index (Phi) is 14.7. The Bertz CT molecular complexity index is 2220. The standard InChI is InChI=1S/C46H54N6O6/c1-32(47-25-21-35-17-19-41(53)45-39(35)18-20-43(55)50-45)30-33-10-8-13-36(31-33)48-42(54)16-9-26-51(2)44(56)24-29-52-27-22-37(23-28-52)58-46(57)49-40-15-7-6-14-38(40)34-11-4-3-5-12-34/h3-8,10-15,17-20,31-32,37,47,53H,9,16,21-30H2,1-2H3,(H,48,54)(H,49,57)(H,50,55). The Morgan fingerprint density at radius 2 is 1.69 bits per heavy atom. The van der Waals surface area contributed by atoms with Crippen molar-refractivity contribution in [3.8, 4) is 16.9 Å². The van der Waals surface area contributed by atoms with Crippen molar-refractivity contribution in [2.24, 2.45) is 0 Å². The van der Waals surface area contributed by atoms with Crippen LogP contribution >= 0.6 is 0 Å². The van der Waals surface area contributed by atoms with Gasteiger partial charge in [0.2, 0.25) is 17.4 Å². The minimum absolute atomic E-state index is 0.0402. The van der Waals surface area contributed by atoms with Crippen LogP contribution in [0.4, 0.5) is 16.2 Å². The van der Waals surface area contributed by atoms with E-state index in [1.807, 2.05) is 84.9 Å². The van der Waals surface area contributed by atoms with Crippen molar-refractivity contribution in [1.29, 1.82) is 0 Å². The quantitative estimate of drug-likeness (QED) is 0.0679. The van der Waals surface area contributed by atoms with Gasteiger partial charge in [-0.3, -0.25) is 19.7 Å². The van der Waals surface area contributed by atoms with Gasteiger partial charge in [-0.2, -0.15) is 0 Å². The summed E-state index contributed by atoms with van der Waals surface area (Å²) in [6.45, 7) is 5.45. The number of likely N-dealkylation sites (tertiary alicyclic amines) is 1. The van der Waals surface area contributed by atoms with E-state index < -0.39 is 6.09 Å². The molecule has 12 heteroatoms. The molecule has 1 saturated heterocycles. The fourth-order valence-electron chi connectivity index (χ4n) is 7.44. The minimum Gasteiger partial charge on any atom is -0.506 e. The number of benzene rings is 4. The highest BCUT2D eigenvalue weighted by Crippen LogP contribution is 2.28. The number of pyridine rings is 1. The molecule has 4 aromatic carbocycles. The smallest absolute Gasteiger partial charge is 0.411 e. The summed E-state index contributed by atoms with van der Waals surface area (Å²) < 4.78 is 5.76. The van der Waals surface area contributed by atoms with Crippen LogP contribution in [0.2, 0.25) is 0 Å². The van der Waals surface area contributed by atoms with Crippen molar-refractivity contribution in [1.82, 2.24) is 20.1 Å². The lowest BCUT2D eigenvalue weighted by Crippen LogP contribution is -2.40. The van der Waals surface area contributed by atoms with Crippen molar-refractivity contribution >= 4 is 40.2 Å². The number of nitrogens with one attached hydrogen (secondary N) is 4. The largest absolute Gasteiger partial charge is 0.506 e. The lowest BCUT2D eigenvalue weighted by atomic mass is 10.0. The van der Waals surface area contributed by atoms with E-state index >= 15 is 0 Å². The fraction of sp³-hybridized carbons (Fsp3) is 0.348. The minimum atomic E-state index is -0.463. The summed E-state index contributed by atoms with van der Waals surface area (Å²) in [4.78, 5) is 56.8. The number of carbonyl (C=O) groups is 3. The van der Waals surface area contributed by atoms with E-state index in [1.54, 1.807) is 24.1 Å². The van der Waals surface area contributed by atoms with Crippen LogP contribution in [-0.2, 0) is 27.2 Å². The van der Waals surface area contributed by atoms with Crippen LogP contribution in [0.15, 0.2) is 108 Å². The van der Waals surface area contributed by atoms with Crippen molar-refractivity contribution in [3.63, 3.8) is 0 Å². The molecule has 0 saturated carbocycles. The fourth-order valence-corrected chi connectivity index (χ4v) is 7.44. The number of amides is 3. The molecular formula is C46H54N6O6. The molecule has 0 radical (unpaired) electrons. The summed E-state index contributed by atoms with van der Waals surface area (Å²) in [6.07, 6.45) is 3.52. The van der Waals surface area contributed by atoms with Gasteiger partial charge in [0.25, 0.3) is 0 Å². The maximum Gasteiger partial charge on any atom is 0.411 e. The summed E-state index contributed by atoms with van der Waals surface area (Å²) in [6, 6.07) is 32.3. The molecule has 1 unspecified atom stereocenters. The maximum atomic E-state index is 12.9. The second kappa shape index (κ2) is 20.4. The molecule has 1 aromatic heterocycles. The topological polar surface area (TPSA) is 156 Å². The SMILES string of the molecule is CC(Cc1cccc(NC(=O)CCCN(C)C(=O)CCN2CCC(OC(=O)Nc3ccccc3-c3ccccc3)CC2)c1)NCCc1ccc(O)c2[nH]c(=O)ccc12. The number of rotatable bonds is 17. The molecule has 0 bridgehead atoms. The van der Waals surface area contributed by atoms with Crippen LogP contribution in [0.1, 0.15) is 50.2 Å². The number of hydrogen-bond acceptors (Lipinski definition) is 8. The molecular weight excluding hydrogens is 733 g/mol. The predicted molar refractivity (Wildman–Crippen MR) is 229 cm³/mol. The third kappa shape index (κ3) is 12.0. The number of phenolic OH excluding ortho intramolecular Hbond substituents is 1. The van der Waals surface area contributed by atoms with E-state index in [-0.39, 0.29) is 35.3 Å². The van der Waals surface area contributed by atoms with Crippen LogP contribution in [0.5, 0.6) is 5.75 Å². The van der Waals surface area contributed by atoms with Gasteiger partial charge in [0, 0.05) is 74.8 Å². The first-order valence-corrected chi connectivity index (χ1v) is 20.2. The Hall–Kier alpha value is -5.98. The molecule has 3 amide bonds. The molecule has 5 aromatic rings. The van der Waals surface area contributed by atoms with E-state index in [2.05, 4.69) is 32.8 Å². The first-order chi connectivity index (χ1) is 28.1. The molecule has 0 aliphatic carbocycles. The summed E-state index contributed by atoms with van der Waals surface area (Å²) in [7, 11) is 1.78. The first kappa shape index (κ1) is 41.6. The highest BCUT2D eigenvalue weighted by molar-refractivity contribution is 5.92. The summed E-state index contributed by atoms with van der Waals surface area (Å²) >= 11 is 0. The Morgan fingerprint density at radius 3 is 2.50 bits per heavy atom. The van der Waals surface area contributed by atoms with Crippen LogP contribution in [0.3, 0.4) is 0 Å². The number of H-pyrrole nitrogens is 1. The number of nitrogens with zero attached hydrogens (tertiary/aromatic N) is 2. The number of phenols is 1. The van der Waals surface area contributed by atoms with E-state index in [0.717, 1.165) is 65.8 Å². The van der Waals surface area contributed by atoms with Crippen LogP contribution in [0, 0.1) is 0 Å². The zero-order valence-corrected chi connectivity index (χ0v) is 33.3.